The first-order chi connectivity index (χ1) is 9.01. The number of rotatable bonds is 6. The fraction of sp³-hybridized carbons (Fsp3) is 0.467. The highest BCUT2D eigenvalue weighted by molar-refractivity contribution is 5.90. The van der Waals surface area contributed by atoms with Crippen LogP contribution in [0.15, 0.2) is 24.3 Å². The summed E-state index contributed by atoms with van der Waals surface area (Å²) in [6, 6.07) is 9.38. The molecule has 0 heterocycles. The molecule has 0 aliphatic heterocycles. The normalized spacial score (nSPS) is 11.7. The van der Waals surface area contributed by atoms with Crippen molar-refractivity contribution in [2.24, 2.45) is 5.92 Å². The summed E-state index contributed by atoms with van der Waals surface area (Å²) in [4.78, 5) is 11.6. The van der Waals surface area contributed by atoms with Crippen molar-refractivity contribution < 1.29 is 9.53 Å². The maximum atomic E-state index is 11.6. The molecular weight excluding hydrogens is 240 g/mol. The summed E-state index contributed by atoms with van der Waals surface area (Å²) in [7, 11) is 0. The SMILES string of the molecule is CC(C#N)CCC(=O)Nc1ccc(OC(C)C)cc1. The number of carbonyl (C=O) groups is 1. The van der Waals surface area contributed by atoms with Gasteiger partial charge in [0.1, 0.15) is 5.75 Å². The number of amides is 1. The van der Waals surface area contributed by atoms with Gasteiger partial charge in [0, 0.05) is 18.0 Å². The van der Waals surface area contributed by atoms with E-state index in [1.54, 1.807) is 0 Å². The molecular formula is C15H20N2O2. The fourth-order valence-electron chi connectivity index (χ4n) is 1.52. The number of carbonyl (C=O) groups excluding carboxylic acids is 1. The number of nitriles is 1. The van der Waals surface area contributed by atoms with Crippen LogP contribution in [0.1, 0.15) is 33.6 Å². The number of nitrogens with one attached hydrogen (secondary N) is 1. The van der Waals surface area contributed by atoms with E-state index >= 15 is 0 Å². The first-order valence-corrected chi connectivity index (χ1v) is 6.47. The molecule has 0 fully saturated rings. The van der Waals surface area contributed by atoms with Gasteiger partial charge in [-0.2, -0.15) is 5.26 Å². The number of benzene rings is 1. The van der Waals surface area contributed by atoms with Crippen molar-refractivity contribution in [2.75, 3.05) is 5.32 Å². The van der Waals surface area contributed by atoms with Gasteiger partial charge in [-0.15, -0.1) is 0 Å². The standard InChI is InChI=1S/C15H20N2O2/c1-11(2)19-14-7-5-13(6-8-14)17-15(18)9-4-12(3)10-16/h5-8,11-12H,4,9H2,1-3H3,(H,17,18). The molecule has 0 saturated heterocycles. The second-order valence-corrected chi connectivity index (χ2v) is 4.81. The van der Waals surface area contributed by atoms with Crippen molar-refractivity contribution in [1.82, 2.24) is 0 Å². The first kappa shape index (κ1) is 15.0. The third-order valence-electron chi connectivity index (χ3n) is 2.53. The van der Waals surface area contributed by atoms with Crippen molar-refractivity contribution in [3.05, 3.63) is 24.3 Å². The Kier molecular flexibility index (Phi) is 5.87. The molecule has 1 atom stereocenters. The van der Waals surface area contributed by atoms with Crippen LogP contribution in [0.4, 0.5) is 5.69 Å². The van der Waals surface area contributed by atoms with Crippen LogP contribution in [0, 0.1) is 17.2 Å². The summed E-state index contributed by atoms with van der Waals surface area (Å²) in [5.41, 5.74) is 0.741. The minimum absolute atomic E-state index is 0.0698. The highest BCUT2D eigenvalue weighted by Crippen LogP contribution is 2.17. The predicted octanol–water partition coefficient (Wildman–Crippen LogP) is 3.35. The van der Waals surface area contributed by atoms with E-state index in [9.17, 15) is 4.79 Å². The molecule has 19 heavy (non-hydrogen) atoms. The monoisotopic (exact) mass is 260 g/mol. The van der Waals surface area contributed by atoms with Crippen LogP contribution < -0.4 is 10.1 Å². The summed E-state index contributed by atoms with van der Waals surface area (Å²) in [6.07, 6.45) is 1.07. The van der Waals surface area contributed by atoms with Crippen LogP contribution in [0.3, 0.4) is 0 Å². The Labute approximate surface area is 114 Å². The molecule has 0 spiro atoms. The lowest BCUT2D eigenvalue weighted by atomic mass is 10.1. The van der Waals surface area contributed by atoms with Gasteiger partial charge in [0.25, 0.3) is 0 Å². The zero-order valence-corrected chi connectivity index (χ0v) is 11.6. The maximum absolute atomic E-state index is 11.6. The molecule has 4 nitrogen and oxygen atoms in total. The van der Waals surface area contributed by atoms with E-state index in [0.717, 1.165) is 11.4 Å². The van der Waals surface area contributed by atoms with E-state index < -0.39 is 0 Å². The molecule has 1 N–H and O–H groups in total. The van der Waals surface area contributed by atoms with Gasteiger partial charge in [-0.1, -0.05) is 0 Å². The Balaban J connectivity index is 2.45. The Bertz CT molecular complexity index is 446. The van der Waals surface area contributed by atoms with Crippen LogP contribution in [-0.4, -0.2) is 12.0 Å². The molecule has 0 saturated carbocycles. The topological polar surface area (TPSA) is 62.1 Å². The van der Waals surface area contributed by atoms with Crippen LogP contribution in [0.5, 0.6) is 5.75 Å². The minimum atomic E-state index is -0.0902. The van der Waals surface area contributed by atoms with Crippen LogP contribution in [0.25, 0.3) is 0 Å². The molecule has 102 valence electrons. The molecule has 1 amide bonds. The predicted molar refractivity (Wildman–Crippen MR) is 74.8 cm³/mol. The van der Waals surface area contributed by atoms with E-state index in [2.05, 4.69) is 11.4 Å². The molecule has 1 aromatic rings. The van der Waals surface area contributed by atoms with Crippen molar-refractivity contribution in [3.63, 3.8) is 0 Å². The lowest BCUT2D eigenvalue weighted by molar-refractivity contribution is -0.116. The van der Waals surface area contributed by atoms with Crippen molar-refractivity contribution in [1.29, 1.82) is 5.26 Å². The second kappa shape index (κ2) is 7.42. The Hall–Kier alpha value is -2.02. The Morgan fingerprint density at radius 2 is 1.95 bits per heavy atom. The molecule has 0 aromatic heterocycles. The van der Waals surface area contributed by atoms with Crippen LogP contribution in [0.2, 0.25) is 0 Å². The first-order valence-electron chi connectivity index (χ1n) is 6.47. The van der Waals surface area contributed by atoms with E-state index in [-0.39, 0.29) is 17.9 Å². The Morgan fingerprint density at radius 1 is 1.32 bits per heavy atom. The maximum Gasteiger partial charge on any atom is 0.224 e. The molecule has 1 unspecified atom stereocenters. The zero-order valence-electron chi connectivity index (χ0n) is 11.6. The number of hydrogen-bond acceptors (Lipinski definition) is 3. The number of ether oxygens (including phenoxy) is 1. The molecule has 0 bridgehead atoms. The average Bonchev–Trinajstić information content (AvgIpc) is 2.37. The number of hydrogen-bond donors (Lipinski definition) is 1. The van der Waals surface area contributed by atoms with Crippen molar-refractivity contribution >= 4 is 11.6 Å². The fourth-order valence-corrected chi connectivity index (χ4v) is 1.52. The molecule has 0 radical (unpaired) electrons. The van der Waals surface area contributed by atoms with E-state index in [1.165, 1.54) is 0 Å². The summed E-state index contributed by atoms with van der Waals surface area (Å²) in [6.45, 7) is 5.74. The molecule has 0 aliphatic rings. The third kappa shape index (κ3) is 5.91. The summed E-state index contributed by atoms with van der Waals surface area (Å²) in [5, 5.41) is 11.4. The smallest absolute Gasteiger partial charge is 0.224 e. The van der Waals surface area contributed by atoms with Gasteiger partial charge in [-0.25, -0.2) is 0 Å². The largest absolute Gasteiger partial charge is 0.491 e. The van der Waals surface area contributed by atoms with Crippen molar-refractivity contribution in [3.8, 4) is 11.8 Å². The van der Waals surface area contributed by atoms with Gasteiger partial charge in [0.05, 0.1) is 12.2 Å². The van der Waals surface area contributed by atoms with Crippen molar-refractivity contribution in [2.45, 2.75) is 39.7 Å². The molecule has 4 heteroatoms. The average molecular weight is 260 g/mol. The Morgan fingerprint density at radius 3 is 2.47 bits per heavy atom. The molecule has 1 aromatic carbocycles. The third-order valence-corrected chi connectivity index (χ3v) is 2.53. The summed E-state index contributed by atoms with van der Waals surface area (Å²) >= 11 is 0. The highest BCUT2D eigenvalue weighted by atomic mass is 16.5. The summed E-state index contributed by atoms with van der Waals surface area (Å²) < 4.78 is 5.52. The zero-order chi connectivity index (χ0) is 14.3. The van der Waals surface area contributed by atoms with Gasteiger partial charge >= 0.3 is 0 Å². The minimum Gasteiger partial charge on any atom is -0.491 e. The quantitative estimate of drug-likeness (QED) is 0.853. The van der Waals surface area contributed by atoms with E-state index in [4.69, 9.17) is 10.00 Å². The van der Waals surface area contributed by atoms with Gasteiger partial charge in [0.2, 0.25) is 5.91 Å². The number of nitrogens with zero attached hydrogens (tertiary/aromatic N) is 1. The van der Waals surface area contributed by atoms with Crippen LogP contribution >= 0.6 is 0 Å². The van der Waals surface area contributed by atoms with Gasteiger partial charge in [-0.3, -0.25) is 4.79 Å². The highest BCUT2D eigenvalue weighted by Gasteiger charge is 2.06. The van der Waals surface area contributed by atoms with E-state index in [0.29, 0.717) is 12.8 Å². The number of anilines is 1. The van der Waals surface area contributed by atoms with Gasteiger partial charge in [0.15, 0.2) is 0 Å². The van der Waals surface area contributed by atoms with Gasteiger partial charge in [-0.05, 0) is 51.5 Å². The van der Waals surface area contributed by atoms with E-state index in [1.807, 2.05) is 45.0 Å². The molecule has 0 aliphatic carbocycles. The van der Waals surface area contributed by atoms with Gasteiger partial charge < -0.3 is 10.1 Å². The lowest BCUT2D eigenvalue weighted by Crippen LogP contribution is -2.12. The second-order valence-electron chi connectivity index (χ2n) is 4.81. The lowest BCUT2D eigenvalue weighted by Gasteiger charge is -2.10. The molecule has 1 rings (SSSR count). The van der Waals surface area contributed by atoms with Crippen LogP contribution in [-0.2, 0) is 4.79 Å². The summed E-state index contributed by atoms with van der Waals surface area (Å²) in [5.74, 6) is 0.623.